The van der Waals surface area contributed by atoms with Gasteiger partial charge in [0.05, 0.1) is 11.6 Å². The summed E-state index contributed by atoms with van der Waals surface area (Å²) in [6.07, 6.45) is 2.14. The predicted octanol–water partition coefficient (Wildman–Crippen LogP) is 6.15. The minimum atomic E-state index is -0.274. The fraction of sp³-hybridized carbons (Fsp3) is 0.0357. The first-order valence-corrected chi connectivity index (χ1v) is 10.4. The maximum absolute atomic E-state index is 13.1. The van der Waals surface area contributed by atoms with E-state index < -0.39 is 0 Å². The lowest BCUT2D eigenvalue weighted by atomic mass is 9.97. The molecule has 0 aliphatic heterocycles. The summed E-state index contributed by atoms with van der Waals surface area (Å²) in [5, 5.41) is 4.39. The summed E-state index contributed by atoms with van der Waals surface area (Å²) < 4.78 is 2.19. The highest BCUT2D eigenvalue weighted by Gasteiger charge is 2.22. The second-order valence-corrected chi connectivity index (χ2v) is 7.49. The summed E-state index contributed by atoms with van der Waals surface area (Å²) in [6, 6.07) is 37.8. The van der Waals surface area contributed by atoms with Gasteiger partial charge in [-0.1, -0.05) is 84.9 Å². The number of hydrogen-bond donors (Lipinski definition) is 1. The zero-order chi connectivity index (χ0) is 21.0. The molecule has 0 bridgehead atoms. The second kappa shape index (κ2) is 8.33. The van der Waals surface area contributed by atoms with Gasteiger partial charge in [0.25, 0.3) is 5.91 Å². The molecular weight excluding hydrogens is 380 g/mol. The molecule has 1 amide bonds. The number of carbonyl (C=O) groups is 1. The van der Waals surface area contributed by atoms with Crippen LogP contribution in [0.2, 0.25) is 0 Å². The quantitative estimate of drug-likeness (QED) is 0.376. The van der Waals surface area contributed by atoms with Gasteiger partial charge in [-0.15, -0.1) is 0 Å². The molecule has 4 aromatic carbocycles. The summed E-state index contributed by atoms with van der Waals surface area (Å²) >= 11 is 0. The van der Waals surface area contributed by atoms with Crippen molar-refractivity contribution in [3.63, 3.8) is 0 Å². The molecule has 3 heteroatoms. The fourth-order valence-electron chi connectivity index (χ4n) is 4.03. The number of fused-ring (bicyclic) bond motifs is 1. The van der Waals surface area contributed by atoms with Crippen LogP contribution in [0.25, 0.3) is 16.6 Å². The van der Waals surface area contributed by atoms with Gasteiger partial charge in [0.1, 0.15) is 0 Å². The van der Waals surface area contributed by atoms with E-state index >= 15 is 0 Å². The van der Waals surface area contributed by atoms with Crippen LogP contribution in [0.4, 0.5) is 0 Å². The summed E-state index contributed by atoms with van der Waals surface area (Å²) in [5.74, 6) is -0.0917. The second-order valence-electron chi connectivity index (χ2n) is 7.49. The standard InChI is InChI=1S/C28H22N2O/c31-28(22-14-6-2-7-15-22)29-27(21-12-4-1-5-13-21)25-20-30(23-16-8-3-9-17-23)26-19-11-10-18-24(25)26/h1-20,27H,(H,29,31). The van der Waals surface area contributed by atoms with E-state index in [4.69, 9.17) is 0 Å². The zero-order valence-electron chi connectivity index (χ0n) is 17.0. The Morgan fingerprint density at radius 3 is 1.97 bits per heavy atom. The van der Waals surface area contributed by atoms with Crippen LogP contribution in [0.15, 0.2) is 121 Å². The van der Waals surface area contributed by atoms with Crippen LogP contribution in [-0.2, 0) is 0 Å². The lowest BCUT2D eigenvalue weighted by Gasteiger charge is -2.19. The Kier molecular flexibility index (Phi) is 5.07. The van der Waals surface area contributed by atoms with E-state index in [0.29, 0.717) is 5.56 Å². The van der Waals surface area contributed by atoms with E-state index in [2.05, 4.69) is 52.5 Å². The van der Waals surface area contributed by atoms with Crippen molar-refractivity contribution in [3.05, 3.63) is 138 Å². The van der Waals surface area contributed by atoms with Crippen LogP contribution in [0.5, 0.6) is 0 Å². The van der Waals surface area contributed by atoms with Gasteiger partial charge in [-0.25, -0.2) is 0 Å². The molecule has 0 saturated carbocycles. The van der Waals surface area contributed by atoms with E-state index in [-0.39, 0.29) is 11.9 Å². The van der Waals surface area contributed by atoms with Gasteiger partial charge in [-0.2, -0.15) is 0 Å². The van der Waals surface area contributed by atoms with Crippen molar-refractivity contribution in [3.8, 4) is 5.69 Å². The molecule has 1 N–H and O–H groups in total. The lowest BCUT2D eigenvalue weighted by Crippen LogP contribution is -2.29. The topological polar surface area (TPSA) is 34.0 Å². The Bertz CT molecular complexity index is 1310. The van der Waals surface area contributed by atoms with Gasteiger partial charge in [-0.3, -0.25) is 4.79 Å². The average Bonchev–Trinajstić information content (AvgIpc) is 3.23. The third-order valence-electron chi connectivity index (χ3n) is 5.53. The van der Waals surface area contributed by atoms with Crippen LogP contribution in [0.1, 0.15) is 27.5 Å². The summed E-state index contributed by atoms with van der Waals surface area (Å²) in [7, 11) is 0. The number of nitrogens with one attached hydrogen (secondary N) is 1. The highest BCUT2D eigenvalue weighted by Crippen LogP contribution is 2.32. The minimum absolute atomic E-state index is 0.0917. The summed E-state index contributed by atoms with van der Waals surface area (Å²) in [6.45, 7) is 0. The molecule has 150 valence electrons. The van der Waals surface area contributed by atoms with Crippen molar-refractivity contribution in [1.29, 1.82) is 0 Å². The first kappa shape index (κ1) is 18.9. The molecule has 1 unspecified atom stereocenters. The van der Waals surface area contributed by atoms with Crippen molar-refractivity contribution in [2.24, 2.45) is 0 Å². The number of rotatable bonds is 5. The lowest BCUT2D eigenvalue weighted by molar-refractivity contribution is 0.0943. The van der Waals surface area contributed by atoms with Gasteiger partial charge >= 0.3 is 0 Å². The Morgan fingerprint density at radius 1 is 0.677 bits per heavy atom. The van der Waals surface area contributed by atoms with Crippen LogP contribution >= 0.6 is 0 Å². The molecule has 0 aliphatic rings. The van der Waals surface area contributed by atoms with Crippen molar-refractivity contribution >= 4 is 16.8 Å². The average molecular weight is 402 g/mol. The molecule has 31 heavy (non-hydrogen) atoms. The van der Waals surface area contributed by atoms with Crippen molar-refractivity contribution < 1.29 is 4.79 Å². The van der Waals surface area contributed by atoms with Gasteiger partial charge in [0, 0.05) is 28.4 Å². The van der Waals surface area contributed by atoms with Crippen LogP contribution in [-0.4, -0.2) is 10.5 Å². The molecule has 0 saturated heterocycles. The number of benzene rings is 4. The van der Waals surface area contributed by atoms with Crippen molar-refractivity contribution in [2.45, 2.75) is 6.04 Å². The Morgan fingerprint density at radius 2 is 1.26 bits per heavy atom. The molecule has 1 heterocycles. The SMILES string of the molecule is O=C(NC(c1ccccc1)c1cn(-c2ccccc2)c2ccccc12)c1ccccc1. The highest BCUT2D eigenvalue weighted by atomic mass is 16.1. The van der Waals surface area contributed by atoms with Crippen molar-refractivity contribution in [2.75, 3.05) is 0 Å². The van der Waals surface area contributed by atoms with E-state index in [1.807, 2.05) is 78.9 Å². The number of nitrogens with zero attached hydrogens (tertiary/aromatic N) is 1. The van der Waals surface area contributed by atoms with Crippen LogP contribution in [0, 0.1) is 0 Å². The van der Waals surface area contributed by atoms with Gasteiger partial charge < -0.3 is 9.88 Å². The van der Waals surface area contributed by atoms with Gasteiger partial charge in [0.2, 0.25) is 0 Å². The molecule has 1 aromatic heterocycles. The fourth-order valence-corrected chi connectivity index (χ4v) is 4.03. The Labute approximate surface area is 181 Å². The first-order valence-electron chi connectivity index (χ1n) is 10.4. The smallest absolute Gasteiger partial charge is 0.252 e. The summed E-state index contributed by atoms with van der Waals surface area (Å²) in [5.41, 5.74) is 4.96. The molecule has 5 rings (SSSR count). The van der Waals surface area contributed by atoms with Crippen LogP contribution in [0.3, 0.4) is 0 Å². The number of carbonyl (C=O) groups excluding carboxylic acids is 1. The zero-order valence-corrected chi connectivity index (χ0v) is 17.0. The van der Waals surface area contributed by atoms with Crippen molar-refractivity contribution in [1.82, 2.24) is 9.88 Å². The monoisotopic (exact) mass is 402 g/mol. The molecule has 3 nitrogen and oxygen atoms in total. The molecule has 5 aromatic rings. The molecule has 0 spiro atoms. The van der Waals surface area contributed by atoms with E-state index in [1.54, 1.807) is 0 Å². The molecular formula is C28H22N2O. The number of amides is 1. The van der Waals surface area contributed by atoms with E-state index in [9.17, 15) is 4.79 Å². The van der Waals surface area contributed by atoms with E-state index in [1.165, 1.54) is 0 Å². The normalized spacial score (nSPS) is 11.9. The number of aromatic nitrogens is 1. The molecule has 1 atom stereocenters. The first-order chi connectivity index (χ1) is 15.3. The van der Waals surface area contributed by atoms with Gasteiger partial charge in [-0.05, 0) is 35.9 Å². The number of para-hydroxylation sites is 2. The molecule has 0 aliphatic carbocycles. The summed E-state index contributed by atoms with van der Waals surface area (Å²) in [4.78, 5) is 13.1. The predicted molar refractivity (Wildman–Crippen MR) is 125 cm³/mol. The highest BCUT2D eigenvalue weighted by molar-refractivity contribution is 5.95. The Balaban J connectivity index is 1.66. The molecule has 0 radical (unpaired) electrons. The Hall–Kier alpha value is -4.11. The maximum Gasteiger partial charge on any atom is 0.252 e. The third kappa shape index (κ3) is 3.74. The maximum atomic E-state index is 13.1. The van der Waals surface area contributed by atoms with E-state index in [0.717, 1.165) is 27.7 Å². The van der Waals surface area contributed by atoms with Gasteiger partial charge in [0.15, 0.2) is 0 Å². The molecule has 0 fully saturated rings. The van der Waals surface area contributed by atoms with Crippen LogP contribution < -0.4 is 5.32 Å². The third-order valence-corrected chi connectivity index (χ3v) is 5.53. The largest absolute Gasteiger partial charge is 0.341 e. The number of hydrogen-bond acceptors (Lipinski definition) is 1. The minimum Gasteiger partial charge on any atom is -0.341 e.